The molecular weight excluding hydrogens is 190 g/mol. The summed E-state index contributed by atoms with van der Waals surface area (Å²) < 4.78 is 1.98. The van der Waals surface area contributed by atoms with Gasteiger partial charge in [0.25, 0.3) is 0 Å². The molecule has 0 spiro atoms. The lowest BCUT2D eigenvalue weighted by molar-refractivity contribution is 0.259. The van der Waals surface area contributed by atoms with Crippen LogP contribution in [-0.4, -0.2) is 10.6 Å². The molecule has 0 radical (unpaired) electrons. The van der Waals surface area contributed by atoms with Crippen molar-refractivity contribution < 1.29 is 4.79 Å². The highest BCUT2D eigenvalue weighted by Gasteiger charge is 1.97. The molecule has 4 nitrogen and oxygen atoms in total. The molecule has 0 unspecified atom stereocenters. The van der Waals surface area contributed by atoms with E-state index in [2.05, 4.69) is 5.32 Å². The van der Waals surface area contributed by atoms with Crippen molar-refractivity contribution in [1.82, 2.24) is 4.57 Å². The Morgan fingerprint density at radius 1 is 1.13 bits per heavy atom. The van der Waals surface area contributed by atoms with Gasteiger partial charge in [0.1, 0.15) is 0 Å². The second-order valence-electron chi connectivity index (χ2n) is 3.13. The van der Waals surface area contributed by atoms with E-state index in [9.17, 15) is 4.79 Å². The zero-order valence-corrected chi connectivity index (χ0v) is 8.05. The van der Waals surface area contributed by atoms with Crippen LogP contribution in [-0.2, 0) is 0 Å². The maximum Gasteiger partial charge on any atom is 0.316 e. The number of carbonyl (C=O) groups excluding carboxylic acids is 1. The van der Waals surface area contributed by atoms with E-state index in [-0.39, 0.29) is 0 Å². The Morgan fingerprint density at radius 2 is 1.73 bits per heavy atom. The number of nitrogens with zero attached hydrogens (tertiary/aromatic N) is 1. The number of rotatable bonds is 2. The fraction of sp³-hybridized carbons (Fsp3) is 0. The monoisotopic (exact) mass is 201 g/mol. The Hall–Kier alpha value is -2.23. The second-order valence-corrected chi connectivity index (χ2v) is 3.13. The molecule has 0 aliphatic heterocycles. The lowest BCUT2D eigenvalue weighted by Gasteiger charge is -2.05. The van der Waals surface area contributed by atoms with Gasteiger partial charge in [-0.15, -0.1) is 0 Å². The molecule has 0 saturated carbocycles. The highest BCUT2D eigenvalue weighted by molar-refractivity contribution is 5.87. The maximum atomic E-state index is 10.6. The van der Waals surface area contributed by atoms with E-state index in [1.165, 1.54) is 0 Å². The summed E-state index contributed by atoms with van der Waals surface area (Å²) in [7, 11) is 0. The number of primary amides is 1. The van der Waals surface area contributed by atoms with Crippen molar-refractivity contribution >= 4 is 11.7 Å². The Bertz CT molecular complexity index is 445. The first-order valence-electron chi connectivity index (χ1n) is 4.55. The van der Waals surface area contributed by atoms with Crippen LogP contribution < -0.4 is 11.1 Å². The minimum atomic E-state index is -0.552. The third kappa shape index (κ3) is 2.17. The quantitative estimate of drug-likeness (QED) is 0.766. The molecular formula is C11H11N3O. The third-order valence-corrected chi connectivity index (χ3v) is 2.04. The molecule has 0 atom stereocenters. The summed E-state index contributed by atoms with van der Waals surface area (Å²) >= 11 is 0. The molecule has 76 valence electrons. The highest BCUT2D eigenvalue weighted by atomic mass is 16.2. The Kier molecular flexibility index (Phi) is 2.41. The largest absolute Gasteiger partial charge is 0.351 e. The van der Waals surface area contributed by atoms with E-state index in [0.717, 1.165) is 5.69 Å². The van der Waals surface area contributed by atoms with Crippen molar-refractivity contribution in [3.8, 4) is 5.69 Å². The Morgan fingerprint density at radius 3 is 2.27 bits per heavy atom. The molecule has 0 saturated heterocycles. The molecule has 0 aliphatic rings. The Labute approximate surface area is 87.3 Å². The van der Waals surface area contributed by atoms with Gasteiger partial charge in [-0.3, -0.25) is 0 Å². The molecule has 1 heterocycles. The first kappa shape index (κ1) is 9.33. The van der Waals surface area contributed by atoms with Crippen LogP contribution in [0.15, 0.2) is 48.8 Å². The number of benzene rings is 1. The summed E-state index contributed by atoms with van der Waals surface area (Å²) in [6.07, 6.45) is 3.91. The number of hydrogen-bond acceptors (Lipinski definition) is 1. The zero-order valence-electron chi connectivity index (χ0n) is 8.05. The van der Waals surface area contributed by atoms with E-state index in [4.69, 9.17) is 5.73 Å². The average molecular weight is 201 g/mol. The molecule has 1 aromatic heterocycles. The van der Waals surface area contributed by atoms with Gasteiger partial charge in [-0.25, -0.2) is 4.79 Å². The van der Waals surface area contributed by atoms with Gasteiger partial charge in [-0.05, 0) is 36.4 Å². The second kappa shape index (κ2) is 3.88. The van der Waals surface area contributed by atoms with Gasteiger partial charge in [0.15, 0.2) is 0 Å². The van der Waals surface area contributed by atoms with E-state index in [0.29, 0.717) is 5.69 Å². The Balaban J connectivity index is 2.21. The lowest BCUT2D eigenvalue weighted by Crippen LogP contribution is -2.19. The van der Waals surface area contributed by atoms with Gasteiger partial charge in [0.2, 0.25) is 0 Å². The molecule has 4 heteroatoms. The van der Waals surface area contributed by atoms with Crippen molar-refractivity contribution in [1.29, 1.82) is 0 Å². The van der Waals surface area contributed by atoms with Crippen molar-refractivity contribution in [2.75, 3.05) is 5.32 Å². The first-order chi connectivity index (χ1) is 7.25. The van der Waals surface area contributed by atoms with Gasteiger partial charge in [-0.2, -0.15) is 0 Å². The van der Waals surface area contributed by atoms with Crippen molar-refractivity contribution in [3.05, 3.63) is 48.8 Å². The molecule has 2 amide bonds. The predicted octanol–water partition coefficient (Wildman–Crippen LogP) is 1.97. The van der Waals surface area contributed by atoms with E-state index in [1.54, 1.807) is 12.1 Å². The topological polar surface area (TPSA) is 60.1 Å². The van der Waals surface area contributed by atoms with Crippen molar-refractivity contribution in [3.63, 3.8) is 0 Å². The fourth-order valence-electron chi connectivity index (χ4n) is 1.37. The summed E-state index contributed by atoms with van der Waals surface area (Å²) in [4.78, 5) is 10.6. The molecule has 0 aliphatic carbocycles. The van der Waals surface area contributed by atoms with Crippen LogP contribution in [0, 0.1) is 0 Å². The predicted molar refractivity (Wildman–Crippen MR) is 59.0 cm³/mol. The number of urea groups is 1. The summed E-state index contributed by atoms with van der Waals surface area (Å²) in [6, 6.07) is 10.8. The molecule has 15 heavy (non-hydrogen) atoms. The van der Waals surface area contributed by atoms with Gasteiger partial charge in [0, 0.05) is 23.8 Å². The van der Waals surface area contributed by atoms with Gasteiger partial charge in [-0.1, -0.05) is 0 Å². The standard InChI is InChI=1S/C11H11N3O/c12-11(15)13-9-3-5-10(6-4-9)14-7-1-2-8-14/h1-8H,(H3,12,13,15). The molecule has 2 aromatic rings. The minimum Gasteiger partial charge on any atom is -0.351 e. The molecule has 0 fully saturated rings. The highest BCUT2D eigenvalue weighted by Crippen LogP contribution is 2.12. The number of hydrogen-bond donors (Lipinski definition) is 2. The molecule has 0 bridgehead atoms. The van der Waals surface area contributed by atoms with Crippen LogP contribution >= 0.6 is 0 Å². The lowest BCUT2D eigenvalue weighted by atomic mass is 10.3. The zero-order chi connectivity index (χ0) is 10.7. The molecule has 3 N–H and O–H groups in total. The van der Waals surface area contributed by atoms with Crippen LogP contribution in [0.5, 0.6) is 0 Å². The normalized spacial score (nSPS) is 9.87. The van der Waals surface area contributed by atoms with Crippen LogP contribution in [0.25, 0.3) is 5.69 Å². The third-order valence-electron chi connectivity index (χ3n) is 2.04. The summed E-state index contributed by atoms with van der Waals surface area (Å²) in [5.41, 5.74) is 6.73. The van der Waals surface area contributed by atoms with Gasteiger partial charge < -0.3 is 15.6 Å². The smallest absolute Gasteiger partial charge is 0.316 e. The van der Waals surface area contributed by atoms with Crippen molar-refractivity contribution in [2.24, 2.45) is 5.73 Å². The summed E-state index contributed by atoms with van der Waals surface area (Å²) in [6.45, 7) is 0. The van der Waals surface area contributed by atoms with Gasteiger partial charge >= 0.3 is 6.03 Å². The van der Waals surface area contributed by atoms with E-state index < -0.39 is 6.03 Å². The van der Waals surface area contributed by atoms with E-state index in [1.807, 2.05) is 41.2 Å². The van der Waals surface area contributed by atoms with E-state index >= 15 is 0 Å². The number of amides is 2. The van der Waals surface area contributed by atoms with Crippen LogP contribution in [0.4, 0.5) is 10.5 Å². The summed E-state index contributed by atoms with van der Waals surface area (Å²) in [5, 5.41) is 2.51. The fourth-order valence-corrected chi connectivity index (χ4v) is 1.37. The van der Waals surface area contributed by atoms with Crippen molar-refractivity contribution in [2.45, 2.75) is 0 Å². The molecule has 2 rings (SSSR count). The number of nitrogens with one attached hydrogen (secondary N) is 1. The number of carbonyl (C=O) groups is 1. The molecule has 1 aromatic carbocycles. The average Bonchev–Trinajstić information content (AvgIpc) is 2.71. The SMILES string of the molecule is NC(=O)Nc1ccc(-n2cccc2)cc1. The van der Waals surface area contributed by atoms with Crippen LogP contribution in [0.2, 0.25) is 0 Å². The number of nitrogens with two attached hydrogens (primary N) is 1. The van der Waals surface area contributed by atoms with Crippen LogP contribution in [0.3, 0.4) is 0 Å². The summed E-state index contributed by atoms with van der Waals surface area (Å²) in [5.74, 6) is 0. The number of anilines is 1. The minimum absolute atomic E-state index is 0.552. The first-order valence-corrected chi connectivity index (χ1v) is 4.55. The van der Waals surface area contributed by atoms with Crippen LogP contribution in [0.1, 0.15) is 0 Å². The number of aromatic nitrogens is 1. The van der Waals surface area contributed by atoms with Gasteiger partial charge in [0.05, 0.1) is 0 Å². The maximum absolute atomic E-state index is 10.6.